The van der Waals surface area contributed by atoms with Crippen molar-refractivity contribution in [2.45, 2.75) is 40.9 Å². The summed E-state index contributed by atoms with van der Waals surface area (Å²) in [6.45, 7) is 4.19. The number of aromatic nitrogens is 4. The van der Waals surface area contributed by atoms with Crippen molar-refractivity contribution in [1.82, 2.24) is 19.7 Å². The number of thiazole rings is 1. The van der Waals surface area contributed by atoms with E-state index in [1.54, 1.807) is 30.0 Å². The lowest BCUT2D eigenvalue weighted by atomic mass is 10.2. The summed E-state index contributed by atoms with van der Waals surface area (Å²) < 4.78 is 4.32. The van der Waals surface area contributed by atoms with E-state index in [1.807, 2.05) is 43.3 Å². The van der Waals surface area contributed by atoms with Crippen LogP contribution in [0.25, 0.3) is 10.2 Å². The fourth-order valence-electron chi connectivity index (χ4n) is 2.72. The number of carbonyl (C=O) groups excluding carboxylic acids is 1. The molecular weight excluding hydrogens is 420 g/mol. The Balaban J connectivity index is 1.57. The number of nitrogens with zero attached hydrogens (tertiary/aromatic N) is 4. The van der Waals surface area contributed by atoms with Crippen LogP contribution in [0.5, 0.6) is 0 Å². The molecule has 2 aromatic carbocycles. The summed E-state index contributed by atoms with van der Waals surface area (Å²) in [6, 6.07) is 18.4. The molecule has 2 aromatic heterocycles. The third-order valence-electron chi connectivity index (χ3n) is 4.43. The molecule has 0 saturated heterocycles. The van der Waals surface area contributed by atoms with Crippen LogP contribution in [0, 0.1) is 0 Å². The maximum atomic E-state index is 11.7. The van der Waals surface area contributed by atoms with Crippen molar-refractivity contribution in [3.63, 3.8) is 0 Å². The highest BCUT2D eigenvalue weighted by Gasteiger charge is 2.18. The number of fused-ring (bicyclic) bond motifs is 1. The monoisotopic (exact) mass is 440 g/mol. The molecule has 4 rings (SSSR count). The average Bonchev–Trinajstić information content (AvgIpc) is 3.31. The Hall–Kier alpha value is -2.16. The molecule has 5 nitrogen and oxygen atoms in total. The third-order valence-corrected chi connectivity index (χ3v) is 7.80. The second kappa shape index (κ2) is 9.11. The predicted octanol–water partition coefficient (Wildman–Crippen LogP) is 5.30. The molecule has 148 valence electrons. The highest BCUT2D eigenvalue weighted by molar-refractivity contribution is 8.00. The second-order valence-electron chi connectivity index (χ2n) is 6.58. The molecule has 0 aliphatic rings. The lowest BCUT2D eigenvalue weighted by molar-refractivity contribution is -0.116. The van der Waals surface area contributed by atoms with Crippen molar-refractivity contribution in [1.29, 1.82) is 0 Å². The van der Waals surface area contributed by atoms with E-state index in [0.717, 1.165) is 20.8 Å². The van der Waals surface area contributed by atoms with Crippen molar-refractivity contribution in [2.24, 2.45) is 0 Å². The van der Waals surface area contributed by atoms with Crippen molar-refractivity contribution < 1.29 is 4.79 Å². The molecule has 8 heteroatoms. The number of benzene rings is 2. The fourth-order valence-corrected chi connectivity index (χ4v) is 5.59. The maximum absolute atomic E-state index is 11.7. The number of Topliss-reactive ketones (excluding diaryl/α,β-unsaturated/α-hetero) is 1. The van der Waals surface area contributed by atoms with Crippen molar-refractivity contribution in [2.75, 3.05) is 0 Å². The average molecular weight is 441 g/mol. The summed E-state index contributed by atoms with van der Waals surface area (Å²) in [5, 5.41) is 9.43. The van der Waals surface area contributed by atoms with E-state index in [9.17, 15) is 4.79 Å². The predicted molar refractivity (Wildman–Crippen MR) is 121 cm³/mol. The Morgan fingerprint density at radius 2 is 1.86 bits per heavy atom. The van der Waals surface area contributed by atoms with Crippen LogP contribution >= 0.6 is 34.9 Å². The molecule has 0 radical (unpaired) electrons. The number of ketones is 1. The highest BCUT2D eigenvalue weighted by Crippen LogP contribution is 2.32. The minimum absolute atomic E-state index is 0.134. The molecule has 29 heavy (non-hydrogen) atoms. The van der Waals surface area contributed by atoms with E-state index in [4.69, 9.17) is 4.98 Å². The minimum atomic E-state index is -0.154. The van der Waals surface area contributed by atoms with Crippen LogP contribution in [-0.2, 0) is 17.1 Å². The van der Waals surface area contributed by atoms with Crippen molar-refractivity contribution in [3.05, 3.63) is 66.0 Å². The lowest BCUT2D eigenvalue weighted by Crippen LogP contribution is -2.12. The highest BCUT2D eigenvalue weighted by atomic mass is 32.2. The van der Waals surface area contributed by atoms with Crippen molar-refractivity contribution >= 4 is 50.9 Å². The molecule has 0 fully saturated rings. The first-order valence-corrected chi connectivity index (χ1v) is 11.9. The van der Waals surface area contributed by atoms with Gasteiger partial charge < -0.3 is 4.57 Å². The van der Waals surface area contributed by atoms with Gasteiger partial charge in [-0.15, -0.1) is 21.5 Å². The summed E-state index contributed by atoms with van der Waals surface area (Å²) in [4.78, 5) is 16.4. The van der Waals surface area contributed by atoms with Gasteiger partial charge in [0.25, 0.3) is 0 Å². The summed E-state index contributed by atoms with van der Waals surface area (Å²) in [5.74, 6) is 1.69. The number of thioether (sulfide) groups is 2. The van der Waals surface area contributed by atoms with Gasteiger partial charge >= 0.3 is 0 Å². The quantitative estimate of drug-likeness (QED) is 0.347. The summed E-state index contributed by atoms with van der Waals surface area (Å²) in [7, 11) is 0. The van der Waals surface area contributed by atoms with Gasteiger partial charge in [0, 0.05) is 0 Å². The standard InChI is InChI=1S/C21H20N4OS3/c1-14(26)15(2)28-20-24-23-19(25(20)12-16-8-4-3-5-9-16)13-27-21-22-17-10-6-7-11-18(17)29-21/h3-11,15H,12-13H2,1-2H3. The van der Waals surface area contributed by atoms with Gasteiger partial charge in [-0.05, 0) is 31.5 Å². The van der Waals surface area contributed by atoms with Crippen LogP contribution in [0.4, 0.5) is 0 Å². The molecular formula is C21H20N4OS3. The number of rotatable bonds is 8. The Labute approximate surface area is 182 Å². The largest absolute Gasteiger partial charge is 0.301 e. The Bertz CT molecular complexity index is 1090. The summed E-state index contributed by atoms with van der Waals surface area (Å²) >= 11 is 4.82. The molecule has 0 saturated carbocycles. The SMILES string of the molecule is CC(=O)C(C)Sc1nnc(CSc2nc3ccccc3s2)n1Cc1ccccc1. The van der Waals surface area contributed by atoms with E-state index in [0.29, 0.717) is 12.3 Å². The second-order valence-corrected chi connectivity index (χ2v) is 10.1. The molecule has 0 bridgehead atoms. The molecule has 4 aromatic rings. The zero-order valence-corrected chi connectivity index (χ0v) is 18.6. The van der Waals surface area contributed by atoms with Gasteiger partial charge in [0.15, 0.2) is 9.50 Å². The Kier molecular flexibility index (Phi) is 6.32. The zero-order valence-electron chi connectivity index (χ0n) is 16.1. The first kappa shape index (κ1) is 20.1. The summed E-state index contributed by atoms with van der Waals surface area (Å²) in [5.41, 5.74) is 2.20. The molecule has 0 N–H and O–H groups in total. The van der Waals surface area contributed by atoms with Crippen LogP contribution in [0.15, 0.2) is 64.1 Å². The number of para-hydroxylation sites is 1. The summed E-state index contributed by atoms with van der Waals surface area (Å²) in [6.07, 6.45) is 0. The van der Waals surface area contributed by atoms with Gasteiger partial charge in [0.1, 0.15) is 11.6 Å². The van der Waals surface area contributed by atoms with Gasteiger partial charge in [0.2, 0.25) is 0 Å². The molecule has 0 spiro atoms. The zero-order chi connectivity index (χ0) is 20.2. The van der Waals surface area contributed by atoms with Gasteiger partial charge in [-0.3, -0.25) is 4.79 Å². The van der Waals surface area contributed by atoms with Crippen molar-refractivity contribution in [3.8, 4) is 0 Å². The molecule has 0 aliphatic heterocycles. The number of hydrogen-bond acceptors (Lipinski definition) is 7. The maximum Gasteiger partial charge on any atom is 0.192 e. The van der Waals surface area contributed by atoms with Crippen LogP contribution in [0.2, 0.25) is 0 Å². The number of carbonyl (C=O) groups is 1. The van der Waals surface area contributed by atoms with E-state index in [2.05, 4.69) is 33.0 Å². The first-order valence-electron chi connectivity index (χ1n) is 9.21. The van der Waals surface area contributed by atoms with Crippen LogP contribution in [-0.4, -0.2) is 30.8 Å². The Morgan fingerprint density at radius 1 is 1.10 bits per heavy atom. The topological polar surface area (TPSA) is 60.7 Å². The lowest BCUT2D eigenvalue weighted by Gasteiger charge is -2.12. The van der Waals surface area contributed by atoms with Gasteiger partial charge in [-0.25, -0.2) is 4.98 Å². The van der Waals surface area contributed by atoms with Gasteiger partial charge in [-0.2, -0.15) is 0 Å². The van der Waals surface area contributed by atoms with E-state index in [-0.39, 0.29) is 11.0 Å². The molecule has 1 atom stereocenters. The van der Waals surface area contributed by atoms with Gasteiger partial charge in [-0.1, -0.05) is 66.0 Å². The third kappa shape index (κ3) is 4.88. The molecule has 0 aliphatic carbocycles. The molecule has 1 unspecified atom stereocenters. The van der Waals surface area contributed by atoms with E-state index >= 15 is 0 Å². The minimum Gasteiger partial charge on any atom is -0.301 e. The molecule has 0 amide bonds. The fraction of sp³-hybridized carbons (Fsp3) is 0.238. The Morgan fingerprint density at radius 3 is 2.62 bits per heavy atom. The van der Waals surface area contributed by atoms with Crippen LogP contribution in [0.3, 0.4) is 0 Å². The van der Waals surface area contributed by atoms with Crippen LogP contribution in [0.1, 0.15) is 25.2 Å². The van der Waals surface area contributed by atoms with E-state index in [1.165, 1.54) is 22.0 Å². The smallest absolute Gasteiger partial charge is 0.192 e. The normalized spacial score (nSPS) is 12.3. The van der Waals surface area contributed by atoms with E-state index < -0.39 is 0 Å². The number of hydrogen-bond donors (Lipinski definition) is 0. The first-order chi connectivity index (χ1) is 14.1. The van der Waals surface area contributed by atoms with Crippen LogP contribution < -0.4 is 0 Å². The van der Waals surface area contributed by atoms with Gasteiger partial charge in [0.05, 0.1) is 27.8 Å². The molecule has 2 heterocycles.